The Hall–Kier alpha value is -3.73. The smallest absolute Gasteiger partial charge is 0.266 e. The average Bonchev–Trinajstić information content (AvgIpc) is 3.22. The first kappa shape index (κ1) is 14.6. The van der Waals surface area contributed by atoms with E-state index in [0.717, 1.165) is 5.52 Å². The second-order valence-corrected chi connectivity index (χ2v) is 6.03. The summed E-state index contributed by atoms with van der Waals surface area (Å²) in [6.07, 6.45) is 0. The van der Waals surface area contributed by atoms with Crippen molar-refractivity contribution < 1.29 is 14.0 Å². The predicted octanol–water partition coefficient (Wildman–Crippen LogP) is 4.30. The van der Waals surface area contributed by atoms with Crippen molar-refractivity contribution in [2.45, 2.75) is 0 Å². The molecule has 0 radical (unpaired) electrons. The van der Waals surface area contributed by atoms with E-state index in [2.05, 4.69) is 4.98 Å². The lowest BCUT2D eigenvalue weighted by Crippen LogP contribution is -2.29. The molecule has 26 heavy (non-hydrogen) atoms. The van der Waals surface area contributed by atoms with Gasteiger partial charge in [0.25, 0.3) is 11.8 Å². The number of hydrogen-bond donors (Lipinski definition) is 0. The largest absolute Gasteiger partial charge is 0.436 e. The Morgan fingerprint density at radius 1 is 0.769 bits per heavy atom. The Balaban J connectivity index is 1.60. The molecule has 0 atom stereocenters. The Bertz CT molecular complexity index is 1150. The Labute approximate surface area is 148 Å². The number of rotatable bonds is 2. The zero-order chi connectivity index (χ0) is 17.7. The monoisotopic (exact) mass is 340 g/mol. The van der Waals surface area contributed by atoms with Gasteiger partial charge in [-0.25, -0.2) is 9.88 Å². The van der Waals surface area contributed by atoms with Gasteiger partial charge in [0.1, 0.15) is 5.52 Å². The normalized spacial score (nSPS) is 13.5. The molecule has 3 aromatic carbocycles. The van der Waals surface area contributed by atoms with Crippen LogP contribution in [0.4, 0.5) is 5.69 Å². The van der Waals surface area contributed by atoms with Crippen molar-refractivity contribution in [3.05, 3.63) is 83.9 Å². The lowest BCUT2D eigenvalue weighted by atomic mass is 10.1. The molecule has 1 aliphatic rings. The first-order valence-electron chi connectivity index (χ1n) is 8.16. The van der Waals surface area contributed by atoms with E-state index in [1.165, 1.54) is 4.90 Å². The van der Waals surface area contributed by atoms with Crippen LogP contribution in [0, 0.1) is 0 Å². The number of nitrogens with zero attached hydrogens (tertiary/aromatic N) is 2. The van der Waals surface area contributed by atoms with Gasteiger partial charge in [0.2, 0.25) is 5.89 Å². The minimum Gasteiger partial charge on any atom is -0.436 e. The van der Waals surface area contributed by atoms with Crippen LogP contribution >= 0.6 is 0 Å². The van der Waals surface area contributed by atoms with E-state index in [9.17, 15) is 9.59 Å². The third-order valence-electron chi connectivity index (χ3n) is 4.44. The molecule has 124 valence electrons. The molecule has 0 aliphatic carbocycles. The molecule has 0 spiro atoms. The van der Waals surface area contributed by atoms with Gasteiger partial charge in [-0.3, -0.25) is 9.59 Å². The number of hydrogen-bond acceptors (Lipinski definition) is 4. The highest BCUT2D eigenvalue weighted by Gasteiger charge is 2.37. The zero-order valence-corrected chi connectivity index (χ0v) is 13.5. The quantitative estimate of drug-likeness (QED) is 0.511. The van der Waals surface area contributed by atoms with Crippen LogP contribution in [0.5, 0.6) is 0 Å². The summed E-state index contributed by atoms with van der Waals surface area (Å²) >= 11 is 0. The molecule has 5 rings (SSSR count). The highest BCUT2D eigenvalue weighted by Crippen LogP contribution is 2.32. The summed E-state index contributed by atoms with van der Waals surface area (Å²) in [4.78, 5) is 31.1. The number of carbonyl (C=O) groups is 2. The zero-order valence-electron chi connectivity index (χ0n) is 13.5. The number of fused-ring (bicyclic) bond motifs is 2. The molecule has 5 heteroatoms. The maximum Gasteiger partial charge on any atom is 0.266 e. The molecule has 0 N–H and O–H groups in total. The van der Waals surface area contributed by atoms with Gasteiger partial charge in [-0.05, 0) is 42.5 Å². The van der Waals surface area contributed by atoms with Crippen molar-refractivity contribution in [2.24, 2.45) is 0 Å². The molecule has 2 amide bonds. The number of para-hydroxylation sites is 3. The first-order chi connectivity index (χ1) is 12.7. The van der Waals surface area contributed by atoms with Crippen molar-refractivity contribution in [1.29, 1.82) is 0 Å². The van der Waals surface area contributed by atoms with Crippen molar-refractivity contribution in [2.75, 3.05) is 4.90 Å². The maximum absolute atomic E-state index is 12.8. The maximum atomic E-state index is 12.8. The number of benzene rings is 3. The fourth-order valence-corrected chi connectivity index (χ4v) is 3.18. The van der Waals surface area contributed by atoms with E-state index in [-0.39, 0.29) is 11.8 Å². The molecule has 0 saturated carbocycles. The van der Waals surface area contributed by atoms with E-state index in [1.807, 2.05) is 30.3 Å². The number of anilines is 1. The van der Waals surface area contributed by atoms with E-state index in [0.29, 0.717) is 33.9 Å². The SMILES string of the molecule is O=C1c2ccc(-c3nc4ccccc4o3)cc2C(=O)N1c1ccccc1. The number of amides is 2. The van der Waals surface area contributed by atoms with Crippen molar-refractivity contribution >= 4 is 28.6 Å². The van der Waals surface area contributed by atoms with Crippen LogP contribution in [-0.2, 0) is 0 Å². The molecule has 2 heterocycles. The summed E-state index contributed by atoms with van der Waals surface area (Å²) in [7, 11) is 0. The summed E-state index contributed by atoms with van der Waals surface area (Å²) in [6, 6.07) is 21.4. The lowest BCUT2D eigenvalue weighted by molar-refractivity contribution is 0.0926. The van der Waals surface area contributed by atoms with Gasteiger partial charge in [0.15, 0.2) is 5.58 Å². The molecule has 1 aliphatic heterocycles. The molecule has 4 aromatic rings. The van der Waals surface area contributed by atoms with E-state index >= 15 is 0 Å². The van der Waals surface area contributed by atoms with Crippen molar-refractivity contribution in [3.63, 3.8) is 0 Å². The van der Waals surface area contributed by atoms with Gasteiger partial charge >= 0.3 is 0 Å². The van der Waals surface area contributed by atoms with Crippen molar-refractivity contribution in [1.82, 2.24) is 4.98 Å². The fourth-order valence-electron chi connectivity index (χ4n) is 3.18. The van der Waals surface area contributed by atoms with Crippen LogP contribution < -0.4 is 4.90 Å². The average molecular weight is 340 g/mol. The molecular formula is C21H12N2O3. The third kappa shape index (κ3) is 2.07. The standard InChI is InChI=1S/C21H12N2O3/c24-20-15-11-10-13(19-22-17-8-4-5-9-18(17)26-19)12-16(15)21(25)23(20)14-6-2-1-3-7-14/h1-12H. The summed E-state index contributed by atoms with van der Waals surface area (Å²) in [5.41, 5.74) is 3.39. The predicted molar refractivity (Wildman–Crippen MR) is 97.0 cm³/mol. The van der Waals surface area contributed by atoms with E-state index < -0.39 is 0 Å². The fraction of sp³-hybridized carbons (Fsp3) is 0. The summed E-state index contributed by atoms with van der Waals surface area (Å²) in [5, 5.41) is 0. The van der Waals surface area contributed by atoms with Gasteiger partial charge < -0.3 is 4.42 Å². The summed E-state index contributed by atoms with van der Waals surface area (Å²) in [6.45, 7) is 0. The number of oxazole rings is 1. The molecule has 0 unspecified atom stereocenters. The van der Waals surface area contributed by atoms with Crippen LogP contribution in [0.1, 0.15) is 20.7 Å². The van der Waals surface area contributed by atoms with Gasteiger partial charge in [-0.2, -0.15) is 0 Å². The molecule has 0 bridgehead atoms. The number of imide groups is 1. The molecule has 0 saturated heterocycles. The Morgan fingerprint density at radius 2 is 1.50 bits per heavy atom. The number of carbonyl (C=O) groups excluding carboxylic acids is 2. The second-order valence-electron chi connectivity index (χ2n) is 6.03. The van der Waals surface area contributed by atoms with Crippen LogP contribution in [0.15, 0.2) is 77.2 Å². The second kappa shape index (κ2) is 5.39. The lowest BCUT2D eigenvalue weighted by Gasteiger charge is -2.13. The molecule has 1 aromatic heterocycles. The van der Waals surface area contributed by atoms with Crippen LogP contribution in [0.25, 0.3) is 22.6 Å². The molecule has 5 nitrogen and oxygen atoms in total. The van der Waals surface area contributed by atoms with Gasteiger partial charge in [-0.1, -0.05) is 30.3 Å². The van der Waals surface area contributed by atoms with Crippen LogP contribution in [0.3, 0.4) is 0 Å². The minimum absolute atomic E-state index is 0.319. The minimum atomic E-state index is -0.339. The van der Waals surface area contributed by atoms with Crippen molar-refractivity contribution in [3.8, 4) is 11.5 Å². The van der Waals surface area contributed by atoms with Gasteiger partial charge in [0, 0.05) is 5.56 Å². The Kier molecular flexibility index (Phi) is 3.03. The topological polar surface area (TPSA) is 63.4 Å². The molecular weight excluding hydrogens is 328 g/mol. The van der Waals surface area contributed by atoms with Gasteiger partial charge in [0.05, 0.1) is 16.8 Å². The summed E-state index contributed by atoms with van der Waals surface area (Å²) in [5.74, 6) is -0.234. The highest BCUT2D eigenvalue weighted by atomic mass is 16.3. The van der Waals surface area contributed by atoms with Crippen LogP contribution in [0.2, 0.25) is 0 Å². The van der Waals surface area contributed by atoms with E-state index in [1.54, 1.807) is 42.5 Å². The van der Waals surface area contributed by atoms with Gasteiger partial charge in [-0.15, -0.1) is 0 Å². The van der Waals surface area contributed by atoms with E-state index in [4.69, 9.17) is 4.42 Å². The van der Waals surface area contributed by atoms with Crippen LogP contribution in [-0.4, -0.2) is 16.8 Å². The number of aromatic nitrogens is 1. The molecule has 0 fully saturated rings. The Morgan fingerprint density at radius 3 is 2.31 bits per heavy atom. The third-order valence-corrected chi connectivity index (χ3v) is 4.44. The first-order valence-corrected chi connectivity index (χ1v) is 8.16. The summed E-state index contributed by atoms with van der Waals surface area (Å²) < 4.78 is 5.77. The highest BCUT2D eigenvalue weighted by molar-refractivity contribution is 6.34.